The molecule has 0 saturated carbocycles. The van der Waals surface area contributed by atoms with Crippen molar-refractivity contribution in [3.8, 4) is 0 Å². The highest BCUT2D eigenvalue weighted by Gasteiger charge is 2.20. The molecule has 4 heteroatoms. The van der Waals surface area contributed by atoms with Gasteiger partial charge in [-0.25, -0.2) is 4.98 Å². The Bertz CT molecular complexity index is 222. The molecule has 1 saturated heterocycles. The Balaban J connectivity index is 2.08. The van der Waals surface area contributed by atoms with Crippen LogP contribution in [0.1, 0.15) is 6.42 Å². The van der Waals surface area contributed by atoms with Crippen molar-refractivity contribution in [1.82, 2.24) is 9.97 Å². The monoisotopic (exact) mass is 169 g/mol. The van der Waals surface area contributed by atoms with Crippen LogP contribution in [0, 0.1) is 0 Å². The lowest BCUT2D eigenvalue weighted by molar-refractivity contribution is 0.919. The molecule has 0 bridgehead atoms. The predicted octanol–water partition coefficient (Wildman–Crippen LogP) is 0.918. The molecule has 1 aliphatic heterocycles. The van der Waals surface area contributed by atoms with E-state index < -0.39 is 0 Å². The SMILES string of the molecule is SC1CCN(c2ncc[nH]2)C1. The van der Waals surface area contributed by atoms with Crippen molar-refractivity contribution in [2.45, 2.75) is 11.7 Å². The second-order valence-electron chi connectivity index (χ2n) is 2.80. The maximum atomic E-state index is 4.40. The molecule has 2 heterocycles. The van der Waals surface area contributed by atoms with E-state index in [1.807, 2.05) is 6.20 Å². The summed E-state index contributed by atoms with van der Waals surface area (Å²) in [6.45, 7) is 2.08. The van der Waals surface area contributed by atoms with E-state index in [2.05, 4.69) is 27.5 Å². The number of aromatic nitrogens is 2. The van der Waals surface area contributed by atoms with Crippen LogP contribution in [0.2, 0.25) is 0 Å². The minimum atomic E-state index is 0.514. The number of nitrogens with one attached hydrogen (secondary N) is 1. The summed E-state index contributed by atoms with van der Waals surface area (Å²) in [5.41, 5.74) is 0. The first-order valence-corrected chi connectivity index (χ1v) is 4.30. The van der Waals surface area contributed by atoms with Crippen LogP contribution in [0.4, 0.5) is 5.95 Å². The van der Waals surface area contributed by atoms with Crippen molar-refractivity contribution >= 4 is 18.6 Å². The van der Waals surface area contributed by atoms with E-state index in [-0.39, 0.29) is 0 Å². The molecule has 0 spiro atoms. The van der Waals surface area contributed by atoms with E-state index in [4.69, 9.17) is 0 Å². The van der Waals surface area contributed by atoms with Crippen LogP contribution in [0.15, 0.2) is 12.4 Å². The third-order valence-electron chi connectivity index (χ3n) is 1.95. The minimum absolute atomic E-state index is 0.514. The van der Waals surface area contributed by atoms with Gasteiger partial charge in [0.15, 0.2) is 0 Å². The molecule has 1 N–H and O–H groups in total. The molecule has 1 atom stereocenters. The minimum Gasteiger partial charge on any atom is -0.341 e. The van der Waals surface area contributed by atoms with Crippen LogP contribution in [-0.4, -0.2) is 28.3 Å². The Kier molecular flexibility index (Phi) is 1.77. The zero-order chi connectivity index (χ0) is 7.68. The number of imidazole rings is 1. The van der Waals surface area contributed by atoms with Crippen molar-refractivity contribution in [1.29, 1.82) is 0 Å². The third kappa shape index (κ3) is 1.35. The highest BCUT2D eigenvalue weighted by molar-refractivity contribution is 7.81. The maximum Gasteiger partial charge on any atom is 0.202 e. The third-order valence-corrected chi connectivity index (χ3v) is 2.37. The lowest BCUT2D eigenvalue weighted by atomic mass is 10.4. The maximum absolute atomic E-state index is 4.40. The van der Waals surface area contributed by atoms with Crippen LogP contribution in [0.3, 0.4) is 0 Å². The van der Waals surface area contributed by atoms with Gasteiger partial charge in [-0.3, -0.25) is 0 Å². The summed E-state index contributed by atoms with van der Waals surface area (Å²) in [6.07, 6.45) is 4.78. The average Bonchev–Trinajstić information content (AvgIpc) is 2.55. The zero-order valence-electron chi connectivity index (χ0n) is 6.20. The predicted molar refractivity (Wildman–Crippen MR) is 48.2 cm³/mol. The second kappa shape index (κ2) is 2.77. The molecule has 1 unspecified atom stereocenters. The van der Waals surface area contributed by atoms with Gasteiger partial charge in [0.25, 0.3) is 0 Å². The smallest absolute Gasteiger partial charge is 0.202 e. The van der Waals surface area contributed by atoms with Crippen molar-refractivity contribution in [2.24, 2.45) is 0 Å². The number of rotatable bonds is 1. The molecule has 1 fully saturated rings. The Hall–Kier alpha value is -0.640. The molecule has 2 rings (SSSR count). The molecule has 11 heavy (non-hydrogen) atoms. The summed E-state index contributed by atoms with van der Waals surface area (Å²) >= 11 is 4.40. The summed E-state index contributed by atoms with van der Waals surface area (Å²) in [5, 5.41) is 0.514. The molecule has 0 aliphatic carbocycles. The number of thiol groups is 1. The van der Waals surface area contributed by atoms with Crippen LogP contribution in [-0.2, 0) is 0 Å². The van der Waals surface area contributed by atoms with Crippen molar-refractivity contribution in [3.05, 3.63) is 12.4 Å². The molecular weight excluding hydrogens is 158 g/mol. The number of aromatic amines is 1. The Morgan fingerprint density at radius 2 is 2.64 bits per heavy atom. The molecule has 1 aromatic heterocycles. The molecule has 1 aliphatic rings. The number of anilines is 1. The molecule has 60 valence electrons. The summed E-state index contributed by atoms with van der Waals surface area (Å²) in [6, 6.07) is 0. The topological polar surface area (TPSA) is 31.9 Å². The zero-order valence-corrected chi connectivity index (χ0v) is 7.09. The van der Waals surface area contributed by atoms with E-state index in [0.29, 0.717) is 5.25 Å². The largest absolute Gasteiger partial charge is 0.341 e. The Labute approximate surface area is 71.2 Å². The quantitative estimate of drug-likeness (QED) is 0.613. The van der Waals surface area contributed by atoms with Crippen LogP contribution >= 0.6 is 12.6 Å². The van der Waals surface area contributed by atoms with Gasteiger partial charge >= 0.3 is 0 Å². The molecule has 0 aromatic carbocycles. The highest BCUT2D eigenvalue weighted by Crippen LogP contribution is 2.18. The fourth-order valence-corrected chi connectivity index (χ4v) is 1.68. The fraction of sp³-hybridized carbons (Fsp3) is 0.571. The summed E-state index contributed by atoms with van der Waals surface area (Å²) in [4.78, 5) is 9.47. The van der Waals surface area contributed by atoms with Crippen LogP contribution in [0.5, 0.6) is 0 Å². The van der Waals surface area contributed by atoms with Gasteiger partial charge in [0.05, 0.1) is 0 Å². The Morgan fingerprint density at radius 1 is 1.73 bits per heavy atom. The first-order chi connectivity index (χ1) is 5.36. The van der Waals surface area contributed by atoms with Crippen molar-refractivity contribution in [2.75, 3.05) is 18.0 Å². The highest BCUT2D eigenvalue weighted by atomic mass is 32.1. The van der Waals surface area contributed by atoms with Crippen molar-refractivity contribution in [3.63, 3.8) is 0 Å². The summed E-state index contributed by atoms with van der Waals surface area (Å²) in [7, 11) is 0. The number of hydrogen-bond acceptors (Lipinski definition) is 3. The fourth-order valence-electron chi connectivity index (χ4n) is 1.36. The van der Waals surface area contributed by atoms with E-state index in [1.54, 1.807) is 6.20 Å². The van der Waals surface area contributed by atoms with Gasteiger partial charge in [-0.1, -0.05) is 0 Å². The van der Waals surface area contributed by atoms with Crippen LogP contribution < -0.4 is 4.90 Å². The molecule has 1 aromatic rings. The number of hydrogen-bond donors (Lipinski definition) is 2. The van der Waals surface area contributed by atoms with Gasteiger partial charge in [0.2, 0.25) is 5.95 Å². The van der Waals surface area contributed by atoms with Gasteiger partial charge in [-0.15, -0.1) is 0 Å². The number of nitrogens with zero attached hydrogens (tertiary/aromatic N) is 2. The first-order valence-electron chi connectivity index (χ1n) is 3.78. The number of H-pyrrole nitrogens is 1. The normalized spacial score (nSPS) is 24.5. The lowest BCUT2D eigenvalue weighted by Gasteiger charge is -2.12. The van der Waals surface area contributed by atoms with E-state index in [9.17, 15) is 0 Å². The van der Waals surface area contributed by atoms with Gasteiger partial charge in [0.1, 0.15) is 0 Å². The van der Waals surface area contributed by atoms with E-state index >= 15 is 0 Å². The molecular formula is C7H11N3S. The standard InChI is InChI=1S/C7H11N3S/c11-6-1-4-10(5-6)7-8-2-3-9-7/h2-3,6,11H,1,4-5H2,(H,8,9). The van der Waals surface area contributed by atoms with Crippen LogP contribution in [0.25, 0.3) is 0 Å². The Morgan fingerprint density at radius 3 is 3.18 bits per heavy atom. The second-order valence-corrected chi connectivity index (χ2v) is 3.53. The molecule has 0 amide bonds. The van der Waals surface area contributed by atoms with E-state index in [1.165, 1.54) is 0 Å². The summed E-state index contributed by atoms with van der Waals surface area (Å²) < 4.78 is 0. The van der Waals surface area contributed by atoms with Gasteiger partial charge in [0, 0.05) is 30.7 Å². The summed E-state index contributed by atoms with van der Waals surface area (Å²) in [5.74, 6) is 0.974. The average molecular weight is 169 g/mol. The van der Waals surface area contributed by atoms with Gasteiger partial charge < -0.3 is 9.88 Å². The molecule has 3 nitrogen and oxygen atoms in total. The van der Waals surface area contributed by atoms with E-state index in [0.717, 1.165) is 25.5 Å². The van der Waals surface area contributed by atoms with Crippen molar-refractivity contribution < 1.29 is 0 Å². The van der Waals surface area contributed by atoms with Gasteiger partial charge in [-0.2, -0.15) is 12.6 Å². The molecule has 0 radical (unpaired) electrons. The first kappa shape index (κ1) is 7.03. The van der Waals surface area contributed by atoms with Gasteiger partial charge in [-0.05, 0) is 6.42 Å². The lowest BCUT2D eigenvalue weighted by Crippen LogP contribution is -2.20.